The largest absolute Gasteiger partial charge is 0.383 e. The Bertz CT molecular complexity index is 1210. The smallest absolute Gasteiger partial charge is 0.330 e. The van der Waals surface area contributed by atoms with Gasteiger partial charge in [0.05, 0.1) is 6.42 Å². The molecule has 3 rings (SSSR count). The highest BCUT2D eigenvalue weighted by atomic mass is 16.2. The Morgan fingerprint density at radius 1 is 1.23 bits per heavy atom. The summed E-state index contributed by atoms with van der Waals surface area (Å²) in [4.78, 5) is 49.8. The van der Waals surface area contributed by atoms with Crippen molar-refractivity contribution in [1.29, 1.82) is 0 Å². The van der Waals surface area contributed by atoms with Crippen molar-refractivity contribution in [3.63, 3.8) is 0 Å². The maximum atomic E-state index is 13.0. The Morgan fingerprint density at radius 3 is 2.63 bits per heavy atom. The van der Waals surface area contributed by atoms with Gasteiger partial charge in [-0.25, -0.2) is 14.3 Å². The monoisotopic (exact) mass is 414 g/mol. The van der Waals surface area contributed by atoms with E-state index in [2.05, 4.69) is 20.1 Å². The lowest BCUT2D eigenvalue weighted by molar-refractivity contribution is -0.118. The summed E-state index contributed by atoms with van der Waals surface area (Å²) in [7, 11) is 0. The molecule has 160 valence electrons. The van der Waals surface area contributed by atoms with Crippen molar-refractivity contribution in [3.8, 4) is 0 Å². The quantitative estimate of drug-likeness (QED) is 0.575. The van der Waals surface area contributed by atoms with Crippen LogP contribution in [0.3, 0.4) is 0 Å². The number of aromatic nitrogens is 6. The van der Waals surface area contributed by atoms with Gasteiger partial charge in [0.15, 0.2) is 11.5 Å². The lowest BCUT2D eigenvalue weighted by Gasteiger charge is -2.22. The van der Waals surface area contributed by atoms with Gasteiger partial charge in [-0.05, 0) is 33.3 Å². The molecule has 3 N–H and O–H groups in total. The molecule has 0 saturated heterocycles. The molecule has 0 atom stereocenters. The normalized spacial score (nSPS) is 11.2. The number of amides is 1. The second-order valence-electron chi connectivity index (χ2n) is 7.09. The van der Waals surface area contributed by atoms with Crippen molar-refractivity contribution in [2.45, 2.75) is 53.5 Å². The molecule has 11 nitrogen and oxygen atoms in total. The number of anilines is 2. The van der Waals surface area contributed by atoms with Crippen LogP contribution in [-0.2, 0) is 17.8 Å². The van der Waals surface area contributed by atoms with Crippen LogP contribution in [0.2, 0.25) is 0 Å². The van der Waals surface area contributed by atoms with Crippen LogP contribution in [0.4, 0.5) is 11.5 Å². The molecule has 30 heavy (non-hydrogen) atoms. The molecule has 0 bridgehead atoms. The molecule has 0 radical (unpaired) electrons. The summed E-state index contributed by atoms with van der Waals surface area (Å²) < 4.78 is 2.85. The van der Waals surface area contributed by atoms with Crippen LogP contribution in [0, 0.1) is 13.8 Å². The number of hydrogen-bond donors (Lipinski definition) is 2. The fraction of sp³-hybridized carbons (Fsp3) is 0.474. The summed E-state index contributed by atoms with van der Waals surface area (Å²) in [6, 6.07) is 1.87. The van der Waals surface area contributed by atoms with Gasteiger partial charge in [-0.3, -0.25) is 19.1 Å². The number of carbonyl (C=O) groups excluding carboxylic acids is 1. The number of carbonyl (C=O) groups is 1. The summed E-state index contributed by atoms with van der Waals surface area (Å²) >= 11 is 0. The van der Waals surface area contributed by atoms with E-state index in [0.717, 1.165) is 17.8 Å². The fourth-order valence-corrected chi connectivity index (χ4v) is 3.35. The van der Waals surface area contributed by atoms with E-state index in [-0.39, 0.29) is 30.3 Å². The first-order valence-electron chi connectivity index (χ1n) is 9.89. The highest BCUT2D eigenvalue weighted by Crippen LogP contribution is 2.18. The maximum Gasteiger partial charge on any atom is 0.330 e. The average Bonchev–Trinajstić information content (AvgIpc) is 3.07. The molecule has 0 aromatic carbocycles. The number of likely N-dealkylation sites (N-methyl/N-ethyl adjacent to an activating group) is 1. The third-order valence-electron chi connectivity index (χ3n) is 4.81. The number of nitrogens with one attached hydrogen (secondary N) is 1. The van der Waals surface area contributed by atoms with Gasteiger partial charge < -0.3 is 10.6 Å². The number of rotatable bonds is 7. The Hall–Kier alpha value is -3.50. The topological polar surface area (TPSA) is 144 Å². The zero-order chi connectivity index (χ0) is 22.0. The first-order chi connectivity index (χ1) is 14.3. The zero-order valence-electron chi connectivity index (χ0n) is 17.6. The predicted octanol–water partition coefficient (Wildman–Crippen LogP) is 0.569. The molecule has 0 aliphatic heterocycles. The number of fused-ring (bicyclic) bond motifs is 1. The number of hydrogen-bond acceptors (Lipinski definition) is 7. The van der Waals surface area contributed by atoms with Crippen molar-refractivity contribution in [3.05, 3.63) is 44.1 Å². The molecule has 3 aromatic rings. The third-order valence-corrected chi connectivity index (χ3v) is 4.81. The van der Waals surface area contributed by atoms with Crippen molar-refractivity contribution in [2.24, 2.45) is 0 Å². The standard InChI is InChI=1S/C19H26N8O3/c1-5-7-8-26-16(20)15(17(29)23-19(26)30)25(6-2)14(28)10-13-22-18-21-11(3)9-12(4)27(18)24-13/h9H,5-8,10,20H2,1-4H3,(H,23,29,30). The SMILES string of the molecule is CCCCn1c(N)c(N(CC)C(=O)Cc2nc3nc(C)cc(C)n3n2)c(=O)[nH]c1=O. The van der Waals surface area contributed by atoms with Gasteiger partial charge in [0.25, 0.3) is 11.3 Å². The summed E-state index contributed by atoms with van der Waals surface area (Å²) in [5.74, 6) is 0.266. The summed E-state index contributed by atoms with van der Waals surface area (Å²) in [5.41, 5.74) is 6.46. The average molecular weight is 414 g/mol. The lowest BCUT2D eigenvalue weighted by Crippen LogP contribution is -2.41. The van der Waals surface area contributed by atoms with Gasteiger partial charge in [-0.1, -0.05) is 13.3 Å². The van der Waals surface area contributed by atoms with Gasteiger partial charge in [-0.2, -0.15) is 4.98 Å². The maximum absolute atomic E-state index is 13.0. The first kappa shape index (κ1) is 21.2. The molecular formula is C19H26N8O3. The Labute approximate surface area is 172 Å². The van der Waals surface area contributed by atoms with Crippen molar-refractivity contribution in [1.82, 2.24) is 29.1 Å². The van der Waals surface area contributed by atoms with E-state index in [1.165, 1.54) is 9.47 Å². The second kappa shape index (κ2) is 8.47. The van der Waals surface area contributed by atoms with Gasteiger partial charge in [0.2, 0.25) is 5.91 Å². The number of nitrogens with two attached hydrogens (primary N) is 1. The van der Waals surface area contributed by atoms with Crippen molar-refractivity contribution < 1.29 is 4.79 Å². The van der Waals surface area contributed by atoms with Gasteiger partial charge >= 0.3 is 5.69 Å². The molecule has 0 fully saturated rings. The molecule has 1 amide bonds. The highest BCUT2D eigenvalue weighted by molar-refractivity contribution is 5.96. The minimum atomic E-state index is -0.698. The number of nitrogen functional groups attached to an aromatic ring is 1. The number of unbranched alkanes of at least 4 members (excludes halogenated alkanes) is 1. The summed E-state index contributed by atoms with van der Waals surface area (Å²) in [6.45, 7) is 7.99. The third kappa shape index (κ3) is 3.95. The number of nitrogens with zero attached hydrogens (tertiary/aromatic N) is 6. The lowest BCUT2D eigenvalue weighted by atomic mass is 10.3. The number of aromatic amines is 1. The van der Waals surface area contributed by atoms with E-state index >= 15 is 0 Å². The van der Waals surface area contributed by atoms with Crippen LogP contribution in [0.15, 0.2) is 15.7 Å². The molecule has 0 aliphatic carbocycles. The summed E-state index contributed by atoms with van der Waals surface area (Å²) in [5, 5.41) is 4.34. The number of H-pyrrole nitrogens is 1. The minimum Gasteiger partial charge on any atom is -0.383 e. The van der Waals surface area contributed by atoms with Crippen LogP contribution >= 0.6 is 0 Å². The summed E-state index contributed by atoms with van der Waals surface area (Å²) in [6.07, 6.45) is 1.43. The van der Waals surface area contributed by atoms with Crippen LogP contribution in [0.1, 0.15) is 43.9 Å². The molecule has 0 aliphatic rings. The van der Waals surface area contributed by atoms with Gasteiger partial charge in [-0.15, -0.1) is 5.10 Å². The minimum absolute atomic E-state index is 0.0245. The number of aryl methyl sites for hydroxylation is 2. The molecule has 0 unspecified atom stereocenters. The zero-order valence-corrected chi connectivity index (χ0v) is 17.6. The fourth-order valence-electron chi connectivity index (χ4n) is 3.35. The van der Waals surface area contributed by atoms with E-state index in [9.17, 15) is 14.4 Å². The van der Waals surface area contributed by atoms with Crippen LogP contribution < -0.4 is 21.9 Å². The predicted molar refractivity (Wildman–Crippen MR) is 113 cm³/mol. The van der Waals surface area contributed by atoms with Crippen LogP contribution in [0.25, 0.3) is 5.78 Å². The first-order valence-corrected chi connectivity index (χ1v) is 9.89. The Kier molecular flexibility index (Phi) is 5.99. The Balaban J connectivity index is 1.96. The molecular weight excluding hydrogens is 388 g/mol. The van der Waals surface area contributed by atoms with Crippen molar-refractivity contribution >= 4 is 23.2 Å². The van der Waals surface area contributed by atoms with Crippen LogP contribution in [-0.4, -0.2) is 41.6 Å². The van der Waals surface area contributed by atoms with E-state index < -0.39 is 17.2 Å². The van der Waals surface area contributed by atoms with Gasteiger partial charge in [0.1, 0.15) is 5.82 Å². The van der Waals surface area contributed by atoms with E-state index in [1.54, 1.807) is 11.4 Å². The highest BCUT2D eigenvalue weighted by Gasteiger charge is 2.24. The van der Waals surface area contributed by atoms with Crippen LogP contribution in [0.5, 0.6) is 0 Å². The molecule has 0 saturated carbocycles. The molecule has 0 spiro atoms. The molecule has 3 heterocycles. The molecule has 11 heteroatoms. The van der Waals surface area contributed by atoms with Crippen molar-refractivity contribution in [2.75, 3.05) is 17.2 Å². The van der Waals surface area contributed by atoms with Gasteiger partial charge in [0, 0.05) is 24.5 Å². The van der Waals surface area contributed by atoms with E-state index in [4.69, 9.17) is 5.73 Å². The second-order valence-corrected chi connectivity index (χ2v) is 7.09. The van der Waals surface area contributed by atoms with E-state index in [1.807, 2.05) is 26.8 Å². The Morgan fingerprint density at radius 2 is 1.97 bits per heavy atom. The molecule has 3 aromatic heterocycles. The van der Waals surface area contributed by atoms with E-state index in [0.29, 0.717) is 18.7 Å².